The topological polar surface area (TPSA) is 61.8 Å². The van der Waals surface area contributed by atoms with E-state index in [1.807, 2.05) is 39.8 Å². The number of phenols is 1. The van der Waals surface area contributed by atoms with Gasteiger partial charge in [0, 0.05) is 31.4 Å². The first-order valence-corrected chi connectivity index (χ1v) is 8.26. The van der Waals surface area contributed by atoms with Crippen LogP contribution in [0.2, 0.25) is 0 Å². The van der Waals surface area contributed by atoms with Crippen LogP contribution in [0.5, 0.6) is 5.75 Å². The van der Waals surface area contributed by atoms with E-state index in [0.29, 0.717) is 18.2 Å². The van der Waals surface area contributed by atoms with Crippen molar-refractivity contribution in [3.63, 3.8) is 0 Å². The Kier molecular flexibility index (Phi) is 5.39. The van der Waals surface area contributed by atoms with Crippen molar-refractivity contribution in [3.05, 3.63) is 23.8 Å². The van der Waals surface area contributed by atoms with Gasteiger partial charge in [-0.3, -0.25) is 0 Å². The molecule has 0 radical (unpaired) electrons. The molecule has 1 amide bonds. The van der Waals surface area contributed by atoms with Crippen LogP contribution in [0.15, 0.2) is 18.2 Å². The lowest BCUT2D eigenvalue weighted by molar-refractivity contribution is 0.0172. The van der Waals surface area contributed by atoms with E-state index in [9.17, 15) is 9.90 Å². The van der Waals surface area contributed by atoms with Gasteiger partial charge in [0.25, 0.3) is 0 Å². The van der Waals surface area contributed by atoms with Gasteiger partial charge in [-0.25, -0.2) is 4.79 Å². The molecule has 0 saturated carbocycles. The number of amides is 1. The third-order valence-corrected chi connectivity index (χ3v) is 3.97. The van der Waals surface area contributed by atoms with Gasteiger partial charge in [0.1, 0.15) is 11.4 Å². The third-order valence-electron chi connectivity index (χ3n) is 3.97. The second kappa shape index (κ2) is 7.11. The van der Waals surface area contributed by atoms with Gasteiger partial charge in [-0.2, -0.15) is 0 Å². The largest absolute Gasteiger partial charge is 0.508 e. The van der Waals surface area contributed by atoms with Crippen molar-refractivity contribution in [1.82, 2.24) is 4.90 Å². The quantitative estimate of drug-likeness (QED) is 0.890. The molecule has 1 aromatic carbocycles. The number of piperidine rings is 1. The summed E-state index contributed by atoms with van der Waals surface area (Å²) < 4.78 is 5.45. The first-order chi connectivity index (χ1) is 10.7. The number of carbonyl (C=O) groups is 1. The summed E-state index contributed by atoms with van der Waals surface area (Å²) in [6, 6.07) is 5.60. The molecule has 0 aliphatic carbocycles. The van der Waals surface area contributed by atoms with Crippen molar-refractivity contribution < 1.29 is 14.6 Å². The predicted molar refractivity (Wildman–Crippen MR) is 91.9 cm³/mol. The van der Waals surface area contributed by atoms with E-state index < -0.39 is 5.60 Å². The van der Waals surface area contributed by atoms with Crippen molar-refractivity contribution in [2.24, 2.45) is 5.92 Å². The minimum Gasteiger partial charge on any atom is -0.508 e. The summed E-state index contributed by atoms with van der Waals surface area (Å²) in [4.78, 5) is 14.0. The van der Waals surface area contributed by atoms with Gasteiger partial charge in [0.15, 0.2) is 0 Å². The maximum atomic E-state index is 12.2. The van der Waals surface area contributed by atoms with E-state index in [1.165, 1.54) is 0 Å². The van der Waals surface area contributed by atoms with Crippen molar-refractivity contribution in [1.29, 1.82) is 0 Å². The lowest BCUT2D eigenvalue weighted by Gasteiger charge is -2.34. The maximum absolute atomic E-state index is 12.2. The molecule has 5 heteroatoms. The summed E-state index contributed by atoms with van der Waals surface area (Å²) in [6.07, 6.45) is 1.85. The SMILES string of the molecule is Cc1ccc(NCC2CCCN(C(=O)OC(C)(C)C)C2)cc1O. The highest BCUT2D eigenvalue weighted by molar-refractivity contribution is 5.68. The molecule has 1 heterocycles. The molecule has 128 valence electrons. The number of anilines is 1. The smallest absolute Gasteiger partial charge is 0.410 e. The first-order valence-electron chi connectivity index (χ1n) is 8.26. The second-order valence-corrected chi connectivity index (χ2v) is 7.32. The number of hydrogen-bond acceptors (Lipinski definition) is 4. The molecule has 0 spiro atoms. The summed E-state index contributed by atoms with van der Waals surface area (Å²) in [5, 5.41) is 13.1. The van der Waals surface area contributed by atoms with Crippen LogP contribution >= 0.6 is 0 Å². The van der Waals surface area contributed by atoms with E-state index in [4.69, 9.17) is 4.74 Å². The average molecular weight is 320 g/mol. The number of hydrogen-bond donors (Lipinski definition) is 2. The number of phenolic OH excluding ortho intramolecular Hbond substituents is 1. The standard InChI is InChI=1S/C18H28N2O3/c1-13-7-8-15(10-16(13)21)19-11-14-6-5-9-20(12-14)17(22)23-18(2,3)4/h7-8,10,14,19,21H,5-6,9,11-12H2,1-4H3. The second-order valence-electron chi connectivity index (χ2n) is 7.32. The number of rotatable bonds is 3. The Balaban J connectivity index is 1.86. The molecule has 1 aromatic rings. The molecule has 1 aliphatic rings. The Hall–Kier alpha value is -1.91. The van der Waals surface area contributed by atoms with Gasteiger partial charge in [0.2, 0.25) is 0 Å². The molecular weight excluding hydrogens is 292 g/mol. The van der Waals surface area contributed by atoms with Crippen LogP contribution in [-0.4, -0.2) is 41.3 Å². The van der Waals surface area contributed by atoms with Crippen molar-refractivity contribution >= 4 is 11.8 Å². The molecular formula is C18H28N2O3. The molecule has 1 atom stereocenters. The fourth-order valence-corrected chi connectivity index (χ4v) is 2.71. The highest BCUT2D eigenvalue weighted by Crippen LogP contribution is 2.23. The van der Waals surface area contributed by atoms with Crippen molar-refractivity contribution in [3.8, 4) is 5.75 Å². The van der Waals surface area contributed by atoms with Gasteiger partial charge in [-0.05, 0) is 58.1 Å². The van der Waals surface area contributed by atoms with Crippen LogP contribution < -0.4 is 5.32 Å². The predicted octanol–water partition coefficient (Wildman–Crippen LogP) is 3.76. The van der Waals surface area contributed by atoms with E-state index in [-0.39, 0.29) is 6.09 Å². The number of carbonyl (C=O) groups excluding carboxylic acids is 1. The Morgan fingerprint density at radius 3 is 2.83 bits per heavy atom. The number of nitrogens with one attached hydrogen (secondary N) is 1. The zero-order chi connectivity index (χ0) is 17.0. The Morgan fingerprint density at radius 2 is 2.17 bits per heavy atom. The molecule has 1 saturated heterocycles. The lowest BCUT2D eigenvalue weighted by atomic mass is 9.98. The lowest BCUT2D eigenvalue weighted by Crippen LogP contribution is -2.44. The Bertz CT molecular complexity index is 552. The minimum absolute atomic E-state index is 0.227. The van der Waals surface area contributed by atoms with Gasteiger partial charge in [-0.15, -0.1) is 0 Å². The third kappa shape index (κ3) is 5.34. The molecule has 2 N–H and O–H groups in total. The summed E-state index contributed by atoms with van der Waals surface area (Å²) in [6.45, 7) is 9.78. The van der Waals surface area contributed by atoms with Crippen molar-refractivity contribution in [2.45, 2.75) is 46.1 Å². The number of benzene rings is 1. The molecule has 1 unspecified atom stereocenters. The molecule has 2 rings (SSSR count). The number of aryl methyl sites for hydroxylation is 1. The summed E-state index contributed by atoms with van der Waals surface area (Å²) in [7, 11) is 0. The normalized spacial score (nSPS) is 18.6. The molecule has 1 aliphatic heterocycles. The van der Waals surface area contributed by atoms with Crippen LogP contribution in [0.4, 0.5) is 10.5 Å². The van der Waals surface area contributed by atoms with Crippen LogP contribution in [0, 0.1) is 12.8 Å². The number of likely N-dealkylation sites (tertiary alicyclic amines) is 1. The monoisotopic (exact) mass is 320 g/mol. The zero-order valence-corrected chi connectivity index (χ0v) is 14.6. The molecule has 0 bridgehead atoms. The van der Waals surface area contributed by atoms with Gasteiger partial charge >= 0.3 is 6.09 Å². The first kappa shape index (κ1) is 17.4. The van der Waals surface area contributed by atoms with Crippen LogP contribution in [-0.2, 0) is 4.74 Å². The van der Waals surface area contributed by atoms with E-state index in [0.717, 1.165) is 37.2 Å². The van der Waals surface area contributed by atoms with E-state index in [2.05, 4.69) is 5.32 Å². The summed E-state index contributed by atoms with van der Waals surface area (Å²) >= 11 is 0. The highest BCUT2D eigenvalue weighted by atomic mass is 16.6. The van der Waals surface area contributed by atoms with E-state index in [1.54, 1.807) is 11.0 Å². The number of nitrogens with zero attached hydrogens (tertiary/aromatic N) is 1. The number of aromatic hydroxyl groups is 1. The number of ether oxygens (including phenoxy) is 1. The fraction of sp³-hybridized carbons (Fsp3) is 0.611. The fourth-order valence-electron chi connectivity index (χ4n) is 2.71. The van der Waals surface area contributed by atoms with E-state index >= 15 is 0 Å². The molecule has 0 aromatic heterocycles. The summed E-state index contributed by atoms with van der Waals surface area (Å²) in [5.41, 5.74) is 1.31. The average Bonchev–Trinajstić information content (AvgIpc) is 2.47. The molecule has 5 nitrogen and oxygen atoms in total. The zero-order valence-electron chi connectivity index (χ0n) is 14.6. The minimum atomic E-state index is -0.457. The van der Waals surface area contributed by atoms with Gasteiger partial charge in [-0.1, -0.05) is 6.07 Å². The Morgan fingerprint density at radius 1 is 1.43 bits per heavy atom. The van der Waals surface area contributed by atoms with Crippen LogP contribution in [0.25, 0.3) is 0 Å². The highest BCUT2D eigenvalue weighted by Gasteiger charge is 2.27. The van der Waals surface area contributed by atoms with Crippen LogP contribution in [0.3, 0.4) is 0 Å². The summed E-state index contributed by atoms with van der Waals surface area (Å²) in [5.74, 6) is 0.689. The van der Waals surface area contributed by atoms with Gasteiger partial charge in [0.05, 0.1) is 0 Å². The Labute approximate surface area is 138 Å². The van der Waals surface area contributed by atoms with Crippen LogP contribution in [0.1, 0.15) is 39.2 Å². The van der Waals surface area contributed by atoms with Crippen molar-refractivity contribution in [2.75, 3.05) is 25.0 Å². The maximum Gasteiger partial charge on any atom is 0.410 e. The molecule has 1 fully saturated rings. The van der Waals surface area contributed by atoms with Gasteiger partial charge < -0.3 is 20.1 Å². The molecule has 23 heavy (non-hydrogen) atoms.